The summed E-state index contributed by atoms with van der Waals surface area (Å²) in [5.41, 5.74) is 5.57. The van der Waals surface area contributed by atoms with Crippen molar-refractivity contribution in [3.05, 3.63) is 23.8 Å². The van der Waals surface area contributed by atoms with E-state index in [0.29, 0.717) is 5.56 Å². The zero-order valence-corrected chi connectivity index (χ0v) is 12.0. The molecular weight excluding hydrogens is 260 g/mol. The number of hydrogen-bond acceptors (Lipinski definition) is 5. The van der Waals surface area contributed by atoms with Crippen LogP contribution in [-0.2, 0) is 4.74 Å². The summed E-state index contributed by atoms with van der Waals surface area (Å²) in [5.74, 6) is -0.734. The van der Waals surface area contributed by atoms with Crippen molar-refractivity contribution in [3.63, 3.8) is 0 Å². The molecule has 20 heavy (non-hydrogen) atoms. The summed E-state index contributed by atoms with van der Waals surface area (Å²) < 4.78 is 5.12. The van der Waals surface area contributed by atoms with Gasteiger partial charge in [0.15, 0.2) is 11.5 Å². The third-order valence-electron chi connectivity index (χ3n) is 2.66. The Hall–Kier alpha value is -1.95. The number of hydrogen-bond donors (Lipinski definition) is 4. The predicted molar refractivity (Wildman–Crippen MR) is 75.8 cm³/mol. The van der Waals surface area contributed by atoms with E-state index < -0.39 is 11.7 Å². The molecule has 0 spiro atoms. The van der Waals surface area contributed by atoms with Crippen LogP contribution in [0.3, 0.4) is 0 Å². The standard InChI is InChI=1S/C14H22N2O4/c1-14(2,3)20-13(19)16-8-9(7-15)10-5-4-6-11(17)12(10)18/h4-6,9,17-18H,7-8,15H2,1-3H3,(H,16,19). The normalized spacial score (nSPS) is 12.8. The molecule has 1 amide bonds. The molecule has 1 aromatic carbocycles. The molecule has 0 aromatic heterocycles. The summed E-state index contributed by atoms with van der Waals surface area (Å²) >= 11 is 0. The molecule has 0 aliphatic heterocycles. The number of alkyl carbamates (subject to hydrolysis) is 1. The van der Waals surface area contributed by atoms with E-state index in [9.17, 15) is 15.0 Å². The van der Waals surface area contributed by atoms with Gasteiger partial charge in [-0.3, -0.25) is 0 Å². The molecule has 0 radical (unpaired) electrons. The molecule has 0 saturated heterocycles. The largest absolute Gasteiger partial charge is 0.504 e. The van der Waals surface area contributed by atoms with Crippen molar-refractivity contribution in [2.45, 2.75) is 32.3 Å². The monoisotopic (exact) mass is 282 g/mol. The predicted octanol–water partition coefficient (Wildman–Crippen LogP) is 1.66. The molecule has 0 saturated carbocycles. The highest BCUT2D eigenvalue weighted by Crippen LogP contribution is 2.32. The second kappa shape index (κ2) is 6.47. The maximum atomic E-state index is 11.6. The van der Waals surface area contributed by atoms with Crippen LogP contribution in [-0.4, -0.2) is 35.0 Å². The summed E-state index contributed by atoms with van der Waals surface area (Å²) in [6.07, 6.45) is -0.546. The smallest absolute Gasteiger partial charge is 0.407 e. The van der Waals surface area contributed by atoms with Crippen LogP contribution >= 0.6 is 0 Å². The number of nitrogens with one attached hydrogen (secondary N) is 1. The molecule has 5 N–H and O–H groups in total. The summed E-state index contributed by atoms with van der Waals surface area (Å²) in [5, 5.41) is 21.9. The van der Waals surface area contributed by atoms with Gasteiger partial charge >= 0.3 is 6.09 Å². The molecule has 0 heterocycles. The van der Waals surface area contributed by atoms with Gasteiger partial charge in [-0.15, -0.1) is 0 Å². The number of para-hydroxylation sites is 1. The van der Waals surface area contributed by atoms with E-state index in [2.05, 4.69) is 5.32 Å². The van der Waals surface area contributed by atoms with E-state index >= 15 is 0 Å². The Bertz CT molecular complexity index is 469. The van der Waals surface area contributed by atoms with Gasteiger partial charge in [-0.2, -0.15) is 0 Å². The van der Waals surface area contributed by atoms with Crippen molar-refractivity contribution < 1.29 is 19.7 Å². The Labute approximate surface area is 118 Å². The molecule has 0 aliphatic carbocycles. The number of phenolic OH excluding ortho intramolecular Hbond substituents is 2. The van der Waals surface area contributed by atoms with Gasteiger partial charge in [0.25, 0.3) is 0 Å². The molecule has 1 aromatic rings. The van der Waals surface area contributed by atoms with Gasteiger partial charge in [0.1, 0.15) is 5.60 Å². The molecule has 0 fully saturated rings. The molecule has 1 atom stereocenters. The van der Waals surface area contributed by atoms with Crippen LogP contribution in [0.1, 0.15) is 32.3 Å². The number of nitrogens with two attached hydrogens (primary N) is 1. The molecule has 1 unspecified atom stereocenters. The van der Waals surface area contributed by atoms with E-state index in [1.54, 1.807) is 32.9 Å². The fourth-order valence-electron chi connectivity index (χ4n) is 1.72. The minimum Gasteiger partial charge on any atom is -0.504 e. The zero-order chi connectivity index (χ0) is 15.3. The maximum Gasteiger partial charge on any atom is 0.407 e. The van der Waals surface area contributed by atoms with Crippen molar-refractivity contribution in [2.75, 3.05) is 13.1 Å². The first-order valence-corrected chi connectivity index (χ1v) is 6.42. The van der Waals surface area contributed by atoms with Crippen LogP contribution in [0.5, 0.6) is 11.5 Å². The van der Waals surface area contributed by atoms with Crippen LogP contribution in [0, 0.1) is 0 Å². The minimum absolute atomic E-state index is 0.210. The van der Waals surface area contributed by atoms with Gasteiger partial charge in [0.2, 0.25) is 0 Å². The van der Waals surface area contributed by atoms with Crippen LogP contribution in [0.2, 0.25) is 0 Å². The SMILES string of the molecule is CC(C)(C)OC(=O)NCC(CN)c1cccc(O)c1O. The van der Waals surface area contributed by atoms with Crippen molar-refractivity contribution in [2.24, 2.45) is 5.73 Å². The van der Waals surface area contributed by atoms with Gasteiger partial charge in [0, 0.05) is 24.6 Å². The first-order chi connectivity index (χ1) is 9.24. The quantitative estimate of drug-likeness (QED) is 0.629. The number of benzene rings is 1. The number of rotatable bonds is 4. The van der Waals surface area contributed by atoms with Gasteiger partial charge in [-0.05, 0) is 26.8 Å². The fraction of sp³-hybridized carbons (Fsp3) is 0.500. The molecule has 1 rings (SSSR count). The number of carbonyl (C=O) groups is 1. The molecule has 6 heteroatoms. The third kappa shape index (κ3) is 4.62. The van der Waals surface area contributed by atoms with Crippen molar-refractivity contribution in [3.8, 4) is 11.5 Å². The summed E-state index contributed by atoms with van der Waals surface area (Å²) in [4.78, 5) is 11.6. The lowest BCUT2D eigenvalue weighted by atomic mass is 9.98. The average molecular weight is 282 g/mol. The van der Waals surface area contributed by atoms with Crippen molar-refractivity contribution in [1.29, 1.82) is 0 Å². The fourth-order valence-corrected chi connectivity index (χ4v) is 1.72. The van der Waals surface area contributed by atoms with Crippen molar-refractivity contribution in [1.82, 2.24) is 5.32 Å². The lowest BCUT2D eigenvalue weighted by molar-refractivity contribution is 0.0524. The van der Waals surface area contributed by atoms with Crippen LogP contribution in [0.4, 0.5) is 4.79 Å². The Morgan fingerprint density at radius 1 is 1.40 bits per heavy atom. The van der Waals surface area contributed by atoms with Crippen molar-refractivity contribution >= 4 is 6.09 Å². The molecule has 112 valence electrons. The van der Waals surface area contributed by atoms with E-state index in [-0.39, 0.29) is 30.5 Å². The number of amides is 1. The average Bonchev–Trinajstić information content (AvgIpc) is 2.32. The van der Waals surface area contributed by atoms with Crippen LogP contribution < -0.4 is 11.1 Å². The topological polar surface area (TPSA) is 105 Å². The molecule has 6 nitrogen and oxygen atoms in total. The van der Waals surface area contributed by atoms with E-state index in [4.69, 9.17) is 10.5 Å². The Balaban J connectivity index is 2.69. The molecule has 0 aliphatic rings. The second-order valence-corrected chi connectivity index (χ2v) is 5.53. The first kappa shape index (κ1) is 16.1. The zero-order valence-electron chi connectivity index (χ0n) is 12.0. The molecule has 0 bridgehead atoms. The highest BCUT2D eigenvalue weighted by molar-refractivity contribution is 5.67. The highest BCUT2D eigenvalue weighted by atomic mass is 16.6. The second-order valence-electron chi connectivity index (χ2n) is 5.53. The van der Waals surface area contributed by atoms with Crippen LogP contribution in [0.25, 0.3) is 0 Å². The number of aromatic hydroxyl groups is 2. The first-order valence-electron chi connectivity index (χ1n) is 6.42. The Morgan fingerprint density at radius 3 is 2.60 bits per heavy atom. The van der Waals surface area contributed by atoms with Gasteiger partial charge in [-0.25, -0.2) is 4.79 Å². The minimum atomic E-state index is -0.574. The van der Waals surface area contributed by atoms with Gasteiger partial charge < -0.3 is 26.0 Å². The number of ether oxygens (including phenoxy) is 1. The van der Waals surface area contributed by atoms with E-state index in [1.807, 2.05) is 0 Å². The van der Waals surface area contributed by atoms with E-state index in [0.717, 1.165) is 0 Å². The lowest BCUT2D eigenvalue weighted by Crippen LogP contribution is -2.36. The Kier molecular flexibility index (Phi) is 5.21. The third-order valence-corrected chi connectivity index (χ3v) is 2.66. The summed E-state index contributed by atoms with van der Waals surface area (Å²) in [6.45, 7) is 5.74. The lowest BCUT2D eigenvalue weighted by Gasteiger charge is -2.22. The van der Waals surface area contributed by atoms with E-state index in [1.165, 1.54) is 6.07 Å². The number of carbonyl (C=O) groups excluding carboxylic acids is 1. The van der Waals surface area contributed by atoms with Gasteiger partial charge in [-0.1, -0.05) is 12.1 Å². The van der Waals surface area contributed by atoms with Crippen LogP contribution in [0.15, 0.2) is 18.2 Å². The molecular formula is C14H22N2O4. The summed E-state index contributed by atoms with van der Waals surface area (Å²) in [7, 11) is 0. The summed E-state index contributed by atoms with van der Waals surface area (Å²) in [6, 6.07) is 4.65. The highest BCUT2D eigenvalue weighted by Gasteiger charge is 2.20. The van der Waals surface area contributed by atoms with Gasteiger partial charge in [0.05, 0.1) is 0 Å². The Morgan fingerprint density at radius 2 is 2.05 bits per heavy atom. The maximum absolute atomic E-state index is 11.6. The number of phenols is 2.